The van der Waals surface area contributed by atoms with Gasteiger partial charge in [0.1, 0.15) is 0 Å². The number of nitrogens with two attached hydrogens (primary N) is 1. The number of amides is 2. The van der Waals surface area contributed by atoms with Crippen molar-refractivity contribution in [3.8, 4) is 0 Å². The molecule has 1 aromatic rings. The van der Waals surface area contributed by atoms with E-state index < -0.39 is 0 Å². The average Bonchev–Trinajstić information content (AvgIpc) is 2.93. The fourth-order valence-corrected chi connectivity index (χ4v) is 2.51. The Bertz CT molecular complexity index is 484. The third kappa shape index (κ3) is 3.36. The number of likely N-dealkylation sites (tertiary alicyclic amines) is 1. The minimum absolute atomic E-state index is 0.0454. The van der Waals surface area contributed by atoms with Crippen LogP contribution in [0.1, 0.15) is 35.7 Å². The first kappa shape index (κ1) is 14.5. The first-order valence-corrected chi connectivity index (χ1v) is 6.96. The van der Waals surface area contributed by atoms with E-state index in [4.69, 9.17) is 5.73 Å². The van der Waals surface area contributed by atoms with Crippen LogP contribution in [-0.4, -0.2) is 35.8 Å². The third-order valence-electron chi connectivity index (χ3n) is 3.65. The summed E-state index contributed by atoms with van der Waals surface area (Å²) < 4.78 is 0. The predicted molar refractivity (Wildman–Crippen MR) is 77.1 cm³/mol. The molecule has 1 unspecified atom stereocenters. The molecule has 1 heterocycles. The highest BCUT2D eigenvalue weighted by molar-refractivity contribution is 5.94. The normalized spacial score (nSPS) is 18.1. The van der Waals surface area contributed by atoms with E-state index in [1.807, 2.05) is 29.2 Å². The summed E-state index contributed by atoms with van der Waals surface area (Å²) in [6, 6.07) is 7.53. The molecule has 5 nitrogen and oxygen atoms in total. The van der Waals surface area contributed by atoms with E-state index in [0.717, 1.165) is 24.9 Å². The van der Waals surface area contributed by atoms with Gasteiger partial charge in [0.15, 0.2) is 0 Å². The molecule has 5 heteroatoms. The monoisotopic (exact) mass is 275 g/mol. The zero-order valence-electron chi connectivity index (χ0n) is 11.8. The van der Waals surface area contributed by atoms with E-state index in [0.29, 0.717) is 18.7 Å². The van der Waals surface area contributed by atoms with Crippen molar-refractivity contribution < 1.29 is 9.59 Å². The van der Waals surface area contributed by atoms with Crippen LogP contribution in [0.25, 0.3) is 0 Å². The first-order valence-electron chi connectivity index (χ1n) is 6.96. The molecule has 3 N–H and O–H groups in total. The average molecular weight is 275 g/mol. The summed E-state index contributed by atoms with van der Waals surface area (Å²) in [6.07, 6.45) is 2.01. The van der Waals surface area contributed by atoms with Gasteiger partial charge in [-0.05, 0) is 30.5 Å². The van der Waals surface area contributed by atoms with Crippen molar-refractivity contribution in [2.24, 2.45) is 5.73 Å². The highest BCUT2D eigenvalue weighted by Crippen LogP contribution is 2.19. The van der Waals surface area contributed by atoms with Crippen molar-refractivity contribution in [3.63, 3.8) is 0 Å². The Morgan fingerprint density at radius 1 is 1.35 bits per heavy atom. The van der Waals surface area contributed by atoms with Gasteiger partial charge in [0, 0.05) is 38.2 Å². The predicted octanol–water partition coefficient (Wildman–Crippen LogP) is 0.886. The molecule has 2 amide bonds. The zero-order chi connectivity index (χ0) is 14.5. The zero-order valence-corrected chi connectivity index (χ0v) is 11.8. The van der Waals surface area contributed by atoms with Crippen molar-refractivity contribution in [3.05, 3.63) is 35.4 Å². The van der Waals surface area contributed by atoms with Crippen LogP contribution in [0, 0.1) is 0 Å². The molecule has 0 bridgehead atoms. The summed E-state index contributed by atoms with van der Waals surface area (Å²) >= 11 is 0. The maximum Gasteiger partial charge on any atom is 0.254 e. The van der Waals surface area contributed by atoms with E-state index in [-0.39, 0.29) is 17.9 Å². The highest BCUT2D eigenvalue weighted by atomic mass is 16.2. The van der Waals surface area contributed by atoms with E-state index in [2.05, 4.69) is 5.32 Å². The quantitative estimate of drug-likeness (QED) is 0.856. The van der Waals surface area contributed by atoms with Crippen molar-refractivity contribution in [1.82, 2.24) is 10.2 Å². The van der Waals surface area contributed by atoms with Gasteiger partial charge in [0.05, 0.1) is 0 Å². The van der Waals surface area contributed by atoms with Gasteiger partial charge < -0.3 is 16.0 Å². The Balaban J connectivity index is 2.02. The maximum absolute atomic E-state index is 12.4. The molecule has 2 rings (SSSR count). The molecular weight excluding hydrogens is 254 g/mol. The molecule has 108 valence electrons. The second kappa shape index (κ2) is 6.52. The standard InChI is InChI=1S/C15H21N3O2/c1-11(19)17-10-12-4-6-13(7-5-12)15(20)18-8-2-3-14(18)9-16/h4-7,14H,2-3,8-10,16H2,1H3,(H,17,19). The topological polar surface area (TPSA) is 75.4 Å². The SMILES string of the molecule is CC(=O)NCc1ccc(C(=O)N2CCCC2CN)cc1. The Kier molecular flexibility index (Phi) is 4.74. The van der Waals surface area contributed by atoms with Crippen LogP contribution in [0.2, 0.25) is 0 Å². The third-order valence-corrected chi connectivity index (χ3v) is 3.65. The molecule has 0 saturated carbocycles. The molecule has 0 radical (unpaired) electrons. The lowest BCUT2D eigenvalue weighted by atomic mass is 10.1. The molecule has 0 aliphatic carbocycles. The van der Waals surface area contributed by atoms with Gasteiger partial charge in [-0.15, -0.1) is 0 Å². The molecular formula is C15H21N3O2. The Labute approximate surface area is 119 Å². The van der Waals surface area contributed by atoms with Gasteiger partial charge in [-0.25, -0.2) is 0 Å². The molecule has 1 aliphatic rings. The van der Waals surface area contributed by atoms with E-state index in [1.165, 1.54) is 6.92 Å². The van der Waals surface area contributed by atoms with E-state index >= 15 is 0 Å². The molecule has 1 fully saturated rings. The Morgan fingerprint density at radius 3 is 2.65 bits per heavy atom. The summed E-state index contributed by atoms with van der Waals surface area (Å²) in [4.78, 5) is 25.1. The number of nitrogens with one attached hydrogen (secondary N) is 1. The summed E-state index contributed by atoms with van der Waals surface area (Å²) in [7, 11) is 0. The number of nitrogens with zero attached hydrogens (tertiary/aromatic N) is 1. The van der Waals surface area contributed by atoms with Crippen molar-refractivity contribution in [2.45, 2.75) is 32.4 Å². The van der Waals surface area contributed by atoms with Crippen LogP contribution in [0.15, 0.2) is 24.3 Å². The summed E-state index contributed by atoms with van der Waals surface area (Å²) in [6.45, 7) is 3.28. The molecule has 1 atom stereocenters. The minimum Gasteiger partial charge on any atom is -0.352 e. The molecule has 20 heavy (non-hydrogen) atoms. The number of carbonyl (C=O) groups is 2. The Hall–Kier alpha value is -1.88. The van der Waals surface area contributed by atoms with Crippen molar-refractivity contribution >= 4 is 11.8 Å². The van der Waals surface area contributed by atoms with Gasteiger partial charge in [0.2, 0.25) is 5.91 Å². The lowest BCUT2D eigenvalue weighted by Crippen LogP contribution is -2.39. The molecule has 0 aromatic heterocycles. The van der Waals surface area contributed by atoms with E-state index in [1.54, 1.807) is 0 Å². The lowest BCUT2D eigenvalue weighted by molar-refractivity contribution is -0.119. The largest absolute Gasteiger partial charge is 0.352 e. The van der Waals surface area contributed by atoms with Gasteiger partial charge in [-0.1, -0.05) is 12.1 Å². The Morgan fingerprint density at radius 2 is 2.05 bits per heavy atom. The number of hydrogen-bond donors (Lipinski definition) is 2. The van der Waals surface area contributed by atoms with Crippen molar-refractivity contribution in [2.75, 3.05) is 13.1 Å². The fourth-order valence-electron chi connectivity index (χ4n) is 2.51. The molecule has 1 aliphatic heterocycles. The summed E-state index contributed by atoms with van der Waals surface area (Å²) in [5.41, 5.74) is 7.36. The molecule has 1 saturated heterocycles. The second-order valence-electron chi connectivity index (χ2n) is 5.14. The van der Waals surface area contributed by atoms with Crippen LogP contribution in [0.5, 0.6) is 0 Å². The van der Waals surface area contributed by atoms with Gasteiger partial charge >= 0.3 is 0 Å². The lowest BCUT2D eigenvalue weighted by Gasteiger charge is -2.23. The van der Waals surface area contributed by atoms with Crippen LogP contribution >= 0.6 is 0 Å². The van der Waals surface area contributed by atoms with Gasteiger partial charge in [-0.3, -0.25) is 9.59 Å². The molecule has 0 spiro atoms. The summed E-state index contributed by atoms with van der Waals surface area (Å²) in [5.74, 6) is -0.0166. The van der Waals surface area contributed by atoms with Crippen LogP contribution in [-0.2, 0) is 11.3 Å². The highest BCUT2D eigenvalue weighted by Gasteiger charge is 2.28. The smallest absolute Gasteiger partial charge is 0.254 e. The van der Waals surface area contributed by atoms with Crippen molar-refractivity contribution in [1.29, 1.82) is 0 Å². The summed E-state index contributed by atoms with van der Waals surface area (Å²) in [5, 5.41) is 2.73. The van der Waals surface area contributed by atoms with Gasteiger partial charge in [-0.2, -0.15) is 0 Å². The second-order valence-corrected chi connectivity index (χ2v) is 5.14. The van der Waals surface area contributed by atoms with Crippen LogP contribution in [0.4, 0.5) is 0 Å². The fraction of sp³-hybridized carbons (Fsp3) is 0.467. The number of benzene rings is 1. The first-order chi connectivity index (χ1) is 9.61. The van der Waals surface area contributed by atoms with E-state index in [9.17, 15) is 9.59 Å². The number of carbonyl (C=O) groups excluding carboxylic acids is 2. The minimum atomic E-state index is -0.0620. The molecule has 1 aromatic carbocycles. The maximum atomic E-state index is 12.4. The van der Waals surface area contributed by atoms with Crippen LogP contribution in [0.3, 0.4) is 0 Å². The number of hydrogen-bond acceptors (Lipinski definition) is 3. The van der Waals surface area contributed by atoms with Gasteiger partial charge in [0.25, 0.3) is 5.91 Å². The number of rotatable bonds is 4. The van der Waals surface area contributed by atoms with Crippen LogP contribution < -0.4 is 11.1 Å².